The minimum atomic E-state index is -0.0443. The number of nitrogens with two attached hydrogens (primary N) is 1. The van der Waals surface area contributed by atoms with Gasteiger partial charge in [-0.2, -0.15) is 0 Å². The number of hydrogen-bond acceptors (Lipinski definition) is 2. The normalized spacial score (nSPS) is 11.1. The lowest BCUT2D eigenvalue weighted by atomic mass is 9.92. The Balaban J connectivity index is 2.95. The van der Waals surface area contributed by atoms with E-state index in [0.29, 0.717) is 17.1 Å². The van der Waals surface area contributed by atoms with Crippen LogP contribution in [0.4, 0.5) is 5.69 Å². The molecule has 0 heterocycles. The number of carbonyl (C=O) groups excluding carboxylic acids is 1. The molecule has 0 bridgehead atoms. The standard InChI is InChI=1S/C14H20N2OS/c1-9-6-5-7-10(12(9)13(15)18)16-11(17)8-14(2,3)4/h5-7H,8H2,1-4H3,(H2,15,18)(H,16,17). The first-order valence-electron chi connectivity index (χ1n) is 5.90. The van der Waals surface area contributed by atoms with E-state index < -0.39 is 0 Å². The largest absolute Gasteiger partial charge is 0.389 e. The number of nitrogens with one attached hydrogen (secondary N) is 1. The molecule has 0 fully saturated rings. The van der Waals surface area contributed by atoms with Gasteiger partial charge in [0, 0.05) is 12.0 Å². The van der Waals surface area contributed by atoms with E-state index in [4.69, 9.17) is 18.0 Å². The van der Waals surface area contributed by atoms with Crippen LogP contribution in [-0.2, 0) is 4.79 Å². The Kier molecular flexibility index (Phi) is 4.46. The Bertz CT molecular complexity index is 475. The molecule has 4 heteroatoms. The molecule has 98 valence electrons. The molecule has 3 nitrogen and oxygen atoms in total. The topological polar surface area (TPSA) is 55.1 Å². The van der Waals surface area contributed by atoms with Gasteiger partial charge in [-0.05, 0) is 24.0 Å². The first kappa shape index (κ1) is 14.6. The molecule has 0 aromatic heterocycles. The molecule has 0 saturated carbocycles. The van der Waals surface area contributed by atoms with Crippen molar-refractivity contribution in [1.82, 2.24) is 0 Å². The molecule has 0 atom stereocenters. The lowest BCUT2D eigenvalue weighted by molar-refractivity contribution is -0.117. The summed E-state index contributed by atoms with van der Waals surface area (Å²) in [5, 5.41) is 2.88. The van der Waals surface area contributed by atoms with E-state index in [9.17, 15) is 4.79 Å². The van der Waals surface area contributed by atoms with Crippen molar-refractivity contribution in [2.75, 3.05) is 5.32 Å². The van der Waals surface area contributed by atoms with Crippen molar-refractivity contribution < 1.29 is 4.79 Å². The monoisotopic (exact) mass is 264 g/mol. The van der Waals surface area contributed by atoms with E-state index in [2.05, 4.69) is 5.32 Å². The number of thiocarbonyl (C=S) groups is 1. The van der Waals surface area contributed by atoms with Crippen LogP contribution in [0, 0.1) is 12.3 Å². The van der Waals surface area contributed by atoms with E-state index >= 15 is 0 Å². The second-order valence-electron chi connectivity index (χ2n) is 5.65. The van der Waals surface area contributed by atoms with Crippen LogP contribution in [0.2, 0.25) is 0 Å². The van der Waals surface area contributed by atoms with Crippen LogP contribution in [0.15, 0.2) is 18.2 Å². The van der Waals surface area contributed by atoms with E-state index in [-0.39, 0.29) is 11.3 Å². The fourth-order valence-electron chi connectivity index (χ4n) is 1.78. The third-order valence-electron chi connectivity index (χ3n) is 2.48. The van der Waals surface area contributed by atoms with Gasteiger partial charge in [0.25, 0.3) is 0 Å². The highest BCUT2D eigenvalue weighted by atomic mass is 32.1. The van der Waals surface area contributed by atoms with E-state index in [1.54, 1.807) is 0 Å². The zero-order valence-corrected chi connectivity index (χ0v) is 12.1. The highest BCUT2D eigenvalue weighted by Crippen LogP contribution is 2.23. The van der Waals surface area contributed by atoms with Crippen LogP contribution in [-0.4, -0.2) is 10.9 Å². The average molecular weight is 264 g/mol. The zero-order valence-electron chi connectivity index (χ0n) is 11.3. The van der Waals surface area contributed by atoms with Crippen LogP contribution in [0.25, 0.3) is 0 Å². The number of aryl methyl sites for hydroxylation is 1. The van der Waals surface area contributed by atoms with Crippen LogP contribution < -0.4 is 11.1 Å². The molecule has 0 aliphatic rings. The molecule has 1 aromatic carbocycles. The summed E-state index contributed by atoms with van der Waals surface area (Å²) in [6, 6.07) is 5.62. The highest BCUT2D eigenvalue weighted by Gasteiger charge is 2.17. The van der Waals surface area contributed by atoms with E-state index in [0.717, 1.165) is 11.1 Å². The van der Waals surface area contributed by atoms with Crippen LogP contribution in [0.3, 0.4) is 0 Å². The van der Waals surface area contributed by atoms with Gasteiger partial charge in [-0.1, -0.05) is 45.1 Å². The maximum Gasteiger partial charge on any atom is 0.224 e. The van der Waals surface area contributed by atoms with Gasteiger partial charge in [0.15, 0.2) is 0 Å². The van der Waals surface area contributed by atoms with Crippen molar-refractivity contribution in [3.63, 3.8) is 0 Å². The van der Waals surface area contributed by atoms with Crippen molar-refractivity contribution in [2.24, 2.45) is 11.1 Å². The van der Waals surface area contributed by atoms with Gasteiger partial charge in [0.2, 0.25) is 5.91 Å². The van der Waals surface area contributed by atoms with Crippen molar-refractivity contribution in [1.29, 1.82) is 0 Å². The third kappa shape index (κ3) is 4.11. The number of rotatable bonds is 3. The quantitative estimate of drug-likeness (QED) is 0.825. The minimum absolute atomic E-state index is 0.0226. The maximum atomic E-state index is 11.9. The highest BCUT2D eigenvalue weighted by molar-refractivity contribution is 7.80. The molecule has 1 amide bonds. The predicted molar refractivity (Wildman–Crippen MR) is 79.8 cm³/mol. The third-order valence-corrected chi connectivity index (χ3v) is 2.69. The Morgan fingerprint density at radius 3 is 2.50 bits per heavy atom. The van der Waals surface area contributed by atoms with Crippen molar-refractivity contribution in [2.45, 2.75) is 34.1 Å². The smallest absolute Gasteiger partial charge is 0.224 e. The lowest BCUT2D eigenvalue weighted by Gasteiger charge is -2.18. The van der Waals surface area contributed by atoms with Crippen LogP contribution in [0.5, 0.6) is 0 Å². The summed E-state index contributed by atoms with van der Waals surface area (Å²) >= 11 is 5.03. The van der Waals surface area contributed by atoms with Gasteiger partial charge in [-0.3, -0.25) is 4.79 Å². The minimum Gasteiger partial charge on any atom is -0.389 e. The first-order valence-corrected chi connectivity index (χ1v) is 6.31. The SMILES string of the molecule is Cc1cccc(NC(=O)CC(C)(C)C)c1C(N)=S. The summed E-state index contributed by atoms with van der Waals surface area (Å²) < 4.78 is 0. The number of hydrogen-bond donors (Lipinski definition) is 2. The molecule has 0 saturated heterocycles. The zero-order chi connectivity index (χ0) is 13.9. The summed E-state index contributed by atoms with van der Waals surface area (Å²) in [4.78, 5) is 12.2. The Morgan fingerprint density at radius 2 is 2.00 bits per heavy atom. The number of anilines is 1. The Hall–Kier alpha value is -1.42. The second kappa shape index (κ2) is 5.48. The number of carbonyl (C=O) groups is 1. The molecular formula is C14H20N2OS. The molecule has 0 aliphatic carbocycles. The fraction of sp³-hybridized carbons (Fsp3) is 0.429. The van der Waals surface area contributed by atoms with Gasteiger partial charge in [0.1, 0.15) is 4.99 Å². The molecule has 0 radical (unpaired) electrons. The lowest BCUT2D eigenvalue weighted by Crippen LogP contribution is -2.22. The molecule has 0 aliphatic heterocycles. The van der Waals surface area contributed by atoms with Crippen LogP contribution >= 0.6 is 12.2 Å². The van der Waals surface area contributed by atoms with Gasteiger partial charge in [-0.15, -0.1) is 0 Å². The van der Waals surface area contributed by atoms with Gasteiger partial charge in [0.05, 0.1) is 5.69 Å². The van der Waals surface area contributed by atoms with Crippen molar-refractivity contribution >= 4 is 28.8 Å². The Labute approximate surface area is 114 Å². The molecule has 1 aromatic rings. The summed E-state index contributed by atoms with van der Waals surface area (Å²) in [6.45, 7) is 8.00. The molecular weight excluding hydrogens is 244 g/mol. The number of amides is 1. The molecule has 18 heavy (non-hydrogen) atoms. The van der Waals surface area contributed by atoms with E-state index in [1.807, 2.05) is 45.9 Å². The molecule has 3 N–H and O–H groups in total. The van der Waals surface area contributed by atoms with Gasteiger partial charge >= 0.3 is 0 Å². The van der Waals surface area contributed by atoms with E-state index in [1.165, 1.54) is 0 Å². The van der Waals surface area contributed by atoms with Crippen molar-refractivity contribution in [3.8, 4) is 0 Å². The van der Waals surface area contributed by atoms with Crippen LogP contribution in [0.1, 0.15) is 38.3 Å². The number of benzene rings is 1. The summed E-state index contributed by atoms with van der Waals surface area (Å²) in [6.07, 6.45) is 0.456. The molecule has 0 spiro atoms. The summed E-state index contributed by atoms with van der Waals surface area (Å²) in [5.41, 5.74) is 8.06. The molecule has 1 rings (SSSR count). The molecule has 0 unspecified atom stereocenters. The first-order chi connectivity index (χ1) is 8.20. The average Bonchev–Trinajstić information content (AvgIpc) is 2.13. The maximum absolute atomic E-state index is 11.9. The fourth-order valence-corrected chi connectivity index (χ4v) is 2.05. The summed E-state index contributed by atoms with van der Waals surface area (Å²) in [7, 11) is 0. The van der Waals surface area contributed by atoms with Gasteiger partial charge in [-0.25, -0.2) is 0 Å². The second-order valence-corrected chi connectivity index (χ2v) is 6.09. The predicted octanol–water partition coefficient (Wildman–Crippen LogP) is 3.00. The van der Waals surface area contributed by atoms with Crippen molar-refractivity contribution in [3.05, 3.63) is 29.3 Å². The van der Waals surface area contributed by atoms with Gasteiger partial charge < -0.3 is 11.1 Å². The Morgan fingerprint density at radius 1 is 1.39 bits per heavy atom. The summed E-state index contributed by atoms with van der Waals surface area (Å²) in [5.74, 6) is -0.0226.